The van der Waals surface area contributed by atoms with E-state index in [0.717, 1.165) is 10.3 Å². The first kappa shape index (κ1) is 17.2. The zero-order valence-electron chi connectivity index (χ0n) is 10.1. The van der Waals surface area contributed by atoms with E-state index in [4.69, 9.17) is 5.11 Å². The highest BCUT2D eigenvalue weighted by Crippen LogP contribution is 2.30. The summed E-state index contributed by atoms with van der Waals surface area (Å²) in [7, 11) is 0. The minimum absolute atomic E-state index is 0.0421. The van der Waals surface area contributed by atoms with Gasteiger partial charge in [0, 0.05) is 18.5 Å². The first-order chi connectivity index (χ1) is 9.12. The predicted molar refractivity (Wildman–Crippen MR) is 60.2 cm³/mol. The average molecular weight is 322 g/mol. The maximum Gasteiger partial charge on any atom is 0.434 e. The first-order valence-corrected chi connectivity index (χ1v) is 6.41. The fourth-order valence-electron chi connectivity index (χ4n) is 1.47. The Morgan fingerprint density at radius 3 is 2.30 bits per heavy atom. The molecule has 0 spiro atoms. The monoisotopic (exact) mass is 322 g/mol. The molecule has 0 aliphatic carbocycles. The minimum atomic E-state index is -4.60. The van der Waals surface area contributed by atoms with Gasteiger partial charge in [-0.3, -0.25) is 4.90 Å². The number of thiazole rings is 1. The van der Waals surface area contributed by atoms with Gasteiger partial charge in [-0.25, -0.2) is 4.98 Å². The molecule has 1 N–H and O–H groups in total. The lowest BCUT2D eigenvalue weighted by Gasteiger charge is -2.22. The molecule has 0 aromatic carbocycles. The third kappa shape index (κ3) is 6.06. The van der Waals surface area contributed by atoms with E-state index in [2.05, 4.69) is 4.98 Å². The van der Waals surface area contributed by atoms with Crippen molar-refractivity contribution in [2.45, 2.75) is 25.3 Å². The zero-order valence-corrected chi connectivity index (χ0v) is 10.9. The SMILES string of the molecule is OCCCN(Cc1nc(C(F)(F)F)cs1)CC(F)(F)F. The standard InChI is InChI=1S/C10H12F6N2OS/c11-9(12,13)6-18(2-1-3-19)4-8-17-7(5-20-8)10(14,15)16/h5,19H,1-4,6H2. The first-order valence-electron chi connectivity index (χ1n) is 5.53. The van der Waals surface area contributed by atoms with Crippen molar-refractivity contribution in [2.75, 3.05) is 19.7 Å². The number of rotatable bonds is 6. The van der Waals surface area contributed by atoms with Gasteiger partial charge in [-0.05, 0) is 6.42 Å². The third-order valence-electron chi connectivity index (χ3n) is 2.24. The Morgan fingerprint density at radius 1 is 1.20 bits per heavy atom. The van der Waals surface area contributed by atoms with Crippen molar-refractivity contribution in [1.29, 1.82) is 0 Å². The van der Waals surface area contributed by atoms with Gasteiger partial charge < -0.3 is 5.11 Å². The Hall–Kier alpha value is -0.870. The Labute approximate surface area is 114 Å². The van der Waals surface area contributed by atoms with Crippen molar-refractivity contribution in [2.24, 2.45) is 0 Å². The molecule has 0 aliphatic heterocycles. The number of hydrogen-bond donors (Lipinski definition) is 1. The summed E-state index contributed by atoms with van der Waals surface area (Å²) in [6.07, 6.45) is -8.96. The summed E-state index contributed by atoms with van der Waals surface area (Å²) in [6.45, 7) is -1.95. The van der Waals surface area contributed by atoms with Crippen LogP contribution in [0.4, 0.5) is 26.3 Å². The van der Waals surface area contributed by atoms with Gasteiger partial charge in [-0.2, -0.15) is 26.3 Å². The van der Waals surface area contributed by atoms with E-state index in [1.165, 1.54) is 0 Å². The third-order valence-corrected chi connectivity index (χ3v) is 3.07. The fourth-order valence-corrected chi connectivity index (χ4v) is 2.31. The fraction of sp³-hybridized carbons (Fsp3) is 0.700. The number of alkyl halides is 6. The molecule has 0 aliphatic rings. The molecule has 1 aromatic rings. The Bertz CT molecular complexity index is 417. The summed E-state index contributed by atoms with van der Waals surface area (Å²) in [5, 5.41) is 9.35. The number of aliphatic hydroxyl groups is 1. The molecule has 10 heteroatoms. The molecular formula is C10H12F6N2OS. The van der Waals surface area contributed by atoms with Crippen LogP contribution in [-0.2, 0) is 12.7 Å². The van der Waals surface area contributed by atoms with Crippen molar-refractivity contribution in [1.82, 2.24) is 9.88 Å². The number of aromatic nitrogens is 1. The Kier molecular flexibility index (Phi) is 5.78. The van der Waals surface area contributed by atoms with Gasteiger partial charge in [0.1, 0.15) is 5.01 Å². The molecule has 0 bridgehead atoms. The number of aliphatic hydroxyl groups excluding tert-OH is 1. The number of hydrogen-bond acceptors (Lipinski definition) is 4. The van der Waals surface area contributed by atoms with E-state index in [9.17, 15) is 26.3 Å². The van der Waals surface area contributed by atoms with Crippen LogP contribution in [0.3, 0.4) is 0 Å². The van der Waals surface area contributed by atoms with Crippen molar-refractivity contribution >= 4 is 11.3 Å². The Balaban J connectivity index is 2.71. The number of nitrogens with zero attached hydrogens (tertiary/aromatic N) is 2. The second kappa shape index (κ2) is 6.72. The molecule has 0 amide bonds. The van der Waals surface area contributed by atoms with E-state index < -0.39 is 24.6 Å². The number of halogens is 6. The molecule has 1 aromatic heterocycles. The van der Waals surface area contributed by atoms with Crippen LogP contribution >= 0.6 is 11.3 Å². The minimum Gasteiger partial charge on any atom is -0.396 e. The maximum atomic E-state index is 12.3. The van der Waals surface area contributed by atoms with Gasteiger partial charge >= 0.3 is 12.4 Å². The summed E-state index contributed by atoms with van der Waals surface area (Å²) < 4.78 is 74.0. The van der Waals surface area contributed by atoms with Crippen LogP contribution in [-0.4, -0.2) is 40.9 Å². The van der Waals surface area contributed by atoms with E-state index in [1.807, 2.05) is 0 Å². The normalized spacial score (nSPS) is 13.2. The molecule has 0 saturated carbocycles. The Morgan fingerprint density at radius 2 is 1.85 bits per heavy atom. The highest BCUT2D eigenvalue weighted by atomic mass is 32.1. The largest absolute Gasteiger partial charge is 0.434 e. The summed E-state index contributed by atoms with van der Waals surface area (Å²) in [4.78, 5) is 4.19. The van der Waals surface area contributed by atoms with Crippen molar-refractivity contribution < 1.29 is 31.4 Å². The molecule has 1 rings (SSSR count). The quantitative estimate of drug-likeness (QED) is 0.818. The summed E-state index contributed by atoms with van der Waals surface area (Å²) in [6, 6.07) is 0. The zero-order chi connectivity index (χ0) is 15.4. The van der Waals surface area contributed by atoms with Crippen LogP contribution in [0.5, 0.6) is 0 Å². The highest BCUT2D eigenvalue weighted by Gasteiger charge is 2.34. The van der Waals surface area contributed by atoms with Crippen molar-refractivity contribution in [3.05, 3.63) is 16.1 Å². The van der Waals surface area contributed by atoms with Crippen LogP contribution < -0.4 is 0 Å². The lowest BCUT2D eigenvalue weighted by atomic mass is 10.3. The van der Waals surface area contributed by atoms with Crippen LogP contribution in [0.2, 0.25) is 0 Å². The lowest BCUT2D eigenvalue weighted by Crippen LogP contribution is -2.34. The lowest BCUT2D eigenvalue weighted by molar-refractivity contribution is -0.148. The molecule has 0 saturated heterocycles. The van der Waals surface area contributed by atoms with Crippen molar-refractivity contribution in [3.63, 3.8) is 0 Å². The molecule has 3 nitrogen and oxygen atoms in total. The summed E-state index contributed by atoms with van der Waals surface area (Å²) in [5.41, 5.74) is -1.10. The molecular weight excluding hydrogens is 310 g/mol. The molecule has 1 heterocycles. The maximum absolute atomic E-state index is 12.3. The molecule has 0 radical (unpaired) electrons. The predicted octanol–water partition coefficient (Wildman–Crippen LogP) is 2.91. The van der Waals surface area contributed by atoms with Crippen molar-refractivity contribution in [3.8, 4) is 0 Å². The smallest absolute Gasteiger partial charge is 0.396 e. The molecule has 20 heavy (non-hydrogen) atoms. The van der Waals surface area contributed by atoms with Gasteiger partial charge in [0.15, 0.2) is 5.69 Å². The van der Waals surface area contributed by atoms with Crippen LogP contribution in [0.1, 0.15) is 17.1 Å². The summed E-state index contributed by atoms with van der Waals surface area (Å²) in [5.74, 6) is 0. The average Bonchev–Trinajstić information content (AvgIpc) is 2.72. The van der Waals surface area contributed by atoms with E-state index in [0.29, 0.717) is 11.3 Å². The second-order valence-electron chi connectivity index (χ2n) is 4.03. The van der Waals surface area contributed by atoms with Gasteiger partial charge in [0.05, 0.1) is 13.1 Å². The van der Waals surface area contributed by atoms with Gasteiger partial charge in [0.25, 0.3) is 0 Å². The topological polar surface area (TPSA) is 36.4 Å². The van der Waals surface area contributed by atoms with Gasteiger partial charge in [0.2, 0.25) is 0 Å². The molecule has 0 fully saturated rings. The van der Waals surface area contributed by atoms with Crippen LogP contribution in [0, 0.1) is 0 Å². The summed E-state index contributed by atoms with van der Waals surface area (Å²) >= 11 is 0.662. The van der Waals surface area contributed by atoms with Gasteiger partial charge in [-0.1, -0.05) is 0 Å². The van der Waals surface area contributed by atoms with Gasteiger partial charge in [-0.15, -0.1) is 11.3 Å². The molecule has 0 atom stereocenters. The molecule has 0 unspecified atom stereocenters. The highest BCUT2D eigenvalue weighted by molar-refractivity contribution is 7.09. The van der Waals surface area contributed by atoms with E-state index in [-0.39, 0.29) is 31.1 Å². The molecule has 116 valence electrons. The van der Waals surface area contributed by atoms with Crippen LogP contribution in [0.25, 0.3) is 0 Å². The van der Waals surface area contributed by atoms with E-state index >= 15 is 0 Å². The van der Waals surface area contributed by atoms with E-state index in [1.54, 1.807) is 0 Å². The second-order valence-corrected chi connectivity index (χ2v) is 4.97. The van der Waals surface area contributed by atoms with Crippen LogP contribution in [0.15, 0.2) is 5.38 Å².